The van der Waals surface area contributed by atoms with Gasteiger partial charge < -0.3 is 15.3 Å². The summed E-state index contributed by atoms with van der Waals surface area (Å²) in [6.45, 7) is 0.786. The number of nitrogens with one attached hydrogen (secondary N) is 1. The average Bonchev–Trinajstić information content (AvgIpc) is 2.54. The van der Waals surface area contributed by atoms with Crippen molar-refractivity contribution in [2.24, 2.45) is 0 Å². The summed E-state index contributed by atoms with van der Waals surface area (Å²) in [5, 5.41) is 28.2. The zero-order valence-corrected chi connectivity index (χ0v) is 13.9. The largest absolute Gasteiger partial charge is 0.478 e. The summed E-state index contributed by atoms with van der Waals surface area (Å²) in [6, 6.07) is 6.55. The second-order valence-electron chi connectivity index (χ2n) is 5.27. The molecule has 2 rings (SSSR count). The Morgan fingerprint density at radius 3 is 2.32 bits per heavy atom. The predicted octanol–water partition coefficient (Wildman–Crippen LogP) is 1.66. The number of sulfonamides is 1. The van der Waals surface area contributed by atoms with E-state index in [2.05, 4.69) is 4.72 Å². The number of halogens is 1. The van der Waals surface area contributed by atoms with E-state index in [4.69, 9.17) is 5.11 Å². The van der Waals surface area contributed by atoms with Gasteiger partial charge >= 0.3 is 5.97 Å². The Balaban J connectivity index is 2.50. The zero-order chi connectivity index (χ0) is 18.8. The zero-order valence-electron chi connectivity index (χ0n) is 13.1. The molecule has 134 valence electrons. The van der Waals surface area contributed by atoms with Crippen molar-refractivity contribution in [3.63, 3.8) is 0 Å². The summed E-state index contributed by atoms with van der Waals surface area (Å²) < 4.78 is 39.8. The minimum absolute atomic E-state index is 0.119. The lowest BCUT2D eigenvalue weighted by atomic mass is 9.97. The SMILES string of the molecule is Cc1c(C(O)CO)ccc(NS(=O)(=O)c2ccc(F)cc2)c1C(=O)O. The second-order valence-corrected chi connectivity index (χ2v) is 6.95. The molecular formula is C16H16FNO6S. The minimum Gasteiger partial charge on any atom is -0.478 e. The lowest BCUT2D eigenvalue weighted by Crippen LogP contribution is -2.18. The van der Waals surface area contributed by atoms with E-state index in [0.717, 1.165) is 24.3 Å². The fourth-order valence-electron chi connectivity index (χ4n) is 2.37. The summed E-state index contributed by atoms with van der Waals surface area (Å²) in [5.74, 6) is -2.01. The molecule has 2 aromatic carbocycles. The molecule has 2 aromatic rings. The number of aliphatic hydroxyl groups is 2. The van der Waals surface area contributed by atoms with Crippen LogP contribution in [0.1, 0.15) is 27.6 Å². The number of anilines is 1. The lowest BCUT2D eigenvalue weighted by Gasteiger charge is -2.17. The van der Waals surface area contributed by atoms with Crippen LogP contribution in [0.2, 0.25) is 0 Å². The molecule has 25 heavy (non-hydrogen) atoms. The van der Waals surface area contributed by atoms with E-state index in [1.165, 1.54) is 19.1 Å². The summed E-state index contributed by atoms with van der Waals surface area (Å²) in [5.41, 5.74) is -0.267. The maximum Gasteiger partial charge on any atom is 0.338 e. The van der Waals surface area contributed by atoms with E-state index < -0.39 is 34.5 Å². The van der Waals surface area contributed by atoms with Gasteiger partial charge in [0.2, 0.25) is 0 Å². The van der Waals surface area contributed by atoms with Crippen molar-refractivity contribution < 1.29 is 32.9 Å². The van der Waals surface area contributed by atoms with Crippen LogP contribution in [0.25, 0.3) is 0 Å². The van der Waals surface area contributed by atoms with Crippen molar-refractivity contribution >= 4 is 21.7 Å². The molecule has 0 saturated carbocycles. The highest BCUT2D eigenvalue weighted by atomic mass is 32.2. The van der Waals surface area contributed by atoms with Gasteiger partial charge in [0.05, 0.1) is 22.8 Å². The monoisotopic (exact) mass is 369 g/mol. The van der Waals surface area contributed by atoms with Crippen LogP contribution in [0.4, 0.5) is 10.1 Å². The van der Waals surface area contributed by atoms with Gasteiger partial charge in [-0.25, -0.2) is 17.6 Å². The van der Waals surface area contributed by atoms with Gasteiger partial charge in [-0.05, 0) is 48.4 Å². The molecule has 9 heteroatoms. The fourth-order valence-corrected chi connectivity index (χ4v) is 3.44. The first kappa shape index (κ1) is 18.8. The molecule has 7 nitrogen and oxygen atoms in total. The number of carbonyl (C=O) groups is 1. The molecule has 0 aliphatic rings. The third kappa shape index (κ3) is 3.95. The molecule has 0 bridgehead atoms. The number of aromatic carboxylic acids is 1. The number of aliphatic hydroxyl groups excluding tert-OH is 2. The van der Waals surface area contributed by atoms with Gasteiger partial charge in [-0.1, -0.05) is 6.07 Å². The molecule has 0 spiro atoms. The van der Waals surface area contributed by atoms with Crippen LogP contribution in [-0.4, -0.2) is 36.3 Å². The van der Waals surface area contributed by atoms with Crippen LogP contribution in [0, 0.1) is 12.7 Å². The molecule has 0 aromatic heterocycles. The van der Waals surface area contributed by atoms with Gasteiger partial charge in [0.25, 0.3) is 10.0 Å². The average molecular weight is 369 g/mol. The molecule has 1 atom stereocenters. The van der Waals surface area contributed by atoms with Crippen molar-refractivity contribution in [2.75, 3.05) is 11.3 Å². The first-order valence-electron chi connectivity index (χ1n) is 7.11. The molecule has 0 aliphatic heterocycles. The summed E-state index contributed by atoms with van der Waals surface area (Å²) >= 11 is 0. The maximum atomic E-state index is 12.9. The molecular weight excluding hydrogens is 353 g/mol. The maximum absolute atomic E-state index is 12.9. The smallest absolute Gasteiger partial charge is 0.338 e. The Labute approximate surface area is 143 Å². The van der Waals surface area contributed by atoms with Crippen molar-refractivity contribution in [3.05, 3.63) is 58.9 Å². The Morgan fingerprint density at radius 2 is 1.80 bits per heavy atom. The first-order valence-corrected chi connectivity index (χ1v) is 8.59. The molecule has 0 aliphatic carbocycles. The number of carboxylic acid groups (broad SMARTS) is 1. The quantitative estimate of drug-likeness (QED) is 0.614. The Bertz CT molecular complexity index is 896. The Kier molecular flexibility index (Phi) is 5.41. The minimum atomic E-state index is -4.13. The number of hydrogen-bond acceptors (Lipinski definition) is 5. The van der Waals surface area contributed by atoms with E-state index in [-0.39, 0.29) is 27.3 Å². The van der Waals surface area contributed by atoms with Gasteiger partial charge in [-0.2, -0.15) is 0 Å². The van der Waals surface area contributed by atoms with Crippen LogP contribution < -0.4 is 4.72 Å². The molecule has 0 saturated heterocycles. The van der Waals surface area contributed by atoms with Crippen LogP contribution in [-0.2, 0) is 10.0 Å². The van der Waals surface area contributed by atoms with Gasteiger partial charge in [0.1, 0.15) is 11.9 Å². The standard InChI is InChI=1S/C16H16FNO6S/c1-9-12(14(20)8-19)6-7-13(15(9)16(21)22)18-25(23,24)11-4-2-10(17)3-5-11/h2-7,14,18-20H,8H2,1H3,(H,21,22). The molecule has 0 radical (unpaired) electrons. The fraction of sp³-hybridized carbons (Fsp3) is 0.188. The topological polar surface area (TPSA) is 124 Å². The summed E-state index contributed by atoms with van der Waals surface area (Å²) in [6.07, 6.45) is -1.29. The Morgan fingerprint density at radius 1 is 1.20 bits per heavy atom. The van der Waals surface area contributed by atoms with Gasteiger partial charge in [0.15, 0.2) is 0 Å². The van der Waals surface area contributed by atoms with Crippen LogP contribution in [0.15, 0.2) is 41.3 Å². The van der Waals surface area contributed by atoms with E-state index in [0.29, 0.717) is 0 Å². The van der Waals surface area contributed by atoms with Crippen LogP contribution in [0.5, 0.6) is 0 Å². The van der Waals surface area contributed by atoms with E-state index >= 15 is 0 Å². The van der Waals surface area contributed by atoms with Crippen molar-refractivity contribution in [3.8, 4) is 0 Å². The first-order chi connectivity index (χ1) is 11.7. The Hall–Kier alpha value is -2.49. The van der Waals surface area contributed by atoms with Gasteiger partial charge in [0, 0.05) is 0 Å². The van der Waals surface area contributed by atoms with E-state index in [1.807, 2.05) is 0 Å². The van der Waals surface area contributed by atoms with Gasteiger partial charge in [-0.15, -0.1) is 0 Å². The number of benzene rings is 2. The van der Waals surface area contributed by atoms with Crippen molar-refractivity contribution in [2.45, 2.75) is 17.9 Å². The number of rotatable bonds is 6. The molecule has 0 fully saturated rings. The highest BCUT2D eigenvalue weighted by Crippen LogP contribution is 2.29. The van der Waals surface area contributed by atoms with Crippen LogP contribution >= 0.6 is 0 Å². The molecule has 1 unspecified atom stereocenters. The summed E-state index contributed by atoms with van der Waals surface area (Å²) in [7, 11) is -4.13. The molecule has 0 heterocycles. The van der Waals surface area contributed by atoms with Crippen molar-refractivity contribution in [1.29, 1.82) is 0 Å². The van der Waals surface area contributed by atoms with E-state index in [1.54, 1.807) is 0 Å². The number of hydrogen-bond donors (Lipinski definition) is 4. The van der Waals surface area contributed by atoms with Crippen molar-refractivity contribution in [1.82, 2.24) is 0 Å². The normalized spacial score (nSPS) is 12.6. The second kappa shape index (κ2) is 7.18. The lowest BCUT2D eigenvalue weighted by molar-refractivity contribution is 0.0695. The highest BCUT2D eigenvalue weighted by molar-refractivity contribution is 7.92. The predicted molar refractivity (Wildman–Crippen MR) is 87.4 cm³/mol. The van der Waals surface area contributed by atoms with Crippen LogP contribution in [0.3, 0.4) is 0 Å². The number of carboxylic acids is 1. The third-order valence-corrected chi connectivity index (χ3v) is 5.00. The van der Waals surface area contributed by atoms with Gasteiger partial charge in [-0.3, -0.25) is 4.72 Å². The highest BCUT2D eigenvalue weighted by Gasteiger charge is 2.23. The third-order valence-electron chi connectivity index (χ3n) is 3.62. The summed E-state index contributed by atoms with van der Waals surface area (Å²) in [4.78, 5) is 11.3. The molecule has 0 amide bonds. The van der Waals surface area contributed by atoms with E-state index in [9.17, 15) is 27.8 Å². The molecule has 4 N–H and O–H groups in total.